The van der Waals surface area contributed by atoms with Crippen LogP contribution in [0, 0.1) is 0 Å². The summed E-state index contributed by atoms with van der Waals surface area (Å²) >= 11 is 0. The topological polar surface area (TPSA) is 79.2 Å². The minimum atomic E-state index is -0.515. The van der Waals surface area contributed by atoms with Gasteiger partial charge in [0.2, 0.25) is 0 Å². The van der Waals surface area contributed by atoms with Gasteiger partial charge < -0.3 is 15.0 Å². The summed E-state index contributed by atoms with van der Waals surface area (Å²) in [7, 11) is 1.53. The number of rotatable bonds is 3. The van der Waals surface area contributed by atoms with Crippen molar-refractivity contribution in [3.05, 3.63) is 27.0 Å². The molecule has 0 aliphatic carbocycles. The molecule has 0 spiro atoms. The van der Waals surface area contributed by atoms with Crippen LogP contribution in [-0.4, -0.2) is 15.2 Å². The molecule has 0 unspecified atom stereocenters. The fraction of sp³-hybridized carbons (Fsp3) is 0.556. The van der Waals surface area contributed by atoms with E-state index in [1.807, 2.05) is 13.8 Å². The first-order valence-corrected chi connectivity index (χ1v) is 4.61. The second-order valence-corrected chi connectivity index (χ2v) is 3.56. The van der Waals surface area contributed by atoms with E-state index in [1.54, 1.807) is 0 Å². The summed E-state index contributed by atoms with van der Waals surface area (Å²) in [5.41, 5.74) is 4.53. The van der Waals surface area contributed by atoms with Crippen molar-refractivity contribution in [3.8, 4) is 0 Å². The Morgan fingerprint density at radius 1 is 1.47 bits per heavy atom. The van der Waals surface area contributed by atoms with E-state index in [0.717, 1.165) is 4.57 Å². The normalized spacial score (nSPS) is 10.9. The van der Waals surface area contributed by atoms with Crippen molar-refractivity contribution in [1.29, 1.82) is 0 Å². The Morgan fingerprint density at radius 3 is 2.60 bits per heavy atom. The number of aromatic nitrogens is 2. The predicted octanol–water partition coefficient (Wildman–Crippen LogP) is -0.488. The summed E-state index contributed by atoms with van der Waals surface area (Å²) in [6, 6.07) is 0. The number of hydrogen-bond acceptors (Lipinski definition) is 4. The van der Waals surface area contributed by atoms with E-state index in [0.29, 0.717) is 0 Å². The lowest BCUT2D eigenvalue weighted by Gasteiger charge is -2.10. The molecule has 0 aromatic carbocycles. The van der Waals surface area contributed by atoms with E-state index < -0.39 is 11.2 Å². The number of ether oxygens (including phenoxy) is 1. The van der Waals surface area contributed by atoms with Crippen LogP contribution in [-0.2, 0) is 18.5 Å². The first-order chi connectivity index (χ1) is 6.93. The van der Waals surface area contributed by atoms with Crippen molar-refractivity contribution in [2.45, 2.75) is 26.7 Å². The zero-order valence-electron chi connectivity index (χ0n) is 9.06. The molecule has 0 fully saturated rings. The number of hydrogen-bond donors (Lipinski definition) is 1. The van der Waals surface area contributed by atoms with Crippen molar-refractivity contribution in [1.82, 2.24) is 9.13 Å². The van der Waals surface area contributed by atoms with Gasteiger partial charge in [0.25, 0.3) is 5.56 Å². The molecule has 1 rings (SSSR count). The molecular formula is C9H15N3O3. The van der Waals surface area contributed by atoms with Gasteiger partial charge in [-0.25, -0.2) is 9.36 Å². The molecule has 15 heavy (non-hydrogen) atoms. The number of nitrogens with two attached hydrogens (primary N) is 1. The molecule has 1 aromatic rings. The Hall–Kier alpha value is -1.56. The van der Waals surface area contributed by atoms with Crippen molar-refractivity contribution in [2.24, 2.45) is 7.05 Å². The Morgan fingerprint density at radius 2 is 2.07 bits per heavy atom. The molecular weight excluding hydrogens is 198 g/mol. The van der Waals surface area contributed by atoms with Gasteiger partial charge in [0.05, 0.1) is 6.10 Å². The molecule has 0 aliphatic rings. The molecule has 0 amide bonds. The van der Waals surface area contributed by atoms with Crippen LogP contribution < -0.4 is 17.0 Å². The molecule has 0 bridgehead atoms. The monoisotopic (exact) mass is 213 g/mol. The minimum Gasteiger partial charge on any atom is -0.393 e. The highest BCUT2D eigenvalue weighted by Crippen LogP contribution is 1.91. The maximum Gasteiger partial charge on any atom is 0.332 e. The Kier molecular flexibility index (Phi) is 3.31. The lowest BCUT2D eigenvalue weighted by Crippen LogP contribution is -2.40. The van der Waals surface area contributed by atoms with Crippen LogP contribution in [0.4, 0.5) is 5.69 Å². The molecule has 6 nitrogen and oxygen atoms in total. The van der Waals surface area contributed by atoms with E-state index in [-0.39, 0.29) is 18.5 Å². The van der Waals surface area contributed by atoms with Gasteiger partial charge in [-0.05, 0) is 13.8 Å². The van der Waals surface area contributed by atoms with Crippen LogP contribution in [0.1, 0.15) is 13.8 Å². The number of nitrogen functional groups attached to an aromatic ring is 1. The van der Waals surface area contributed by atoms with Crippen molar-refractivity contribution >= 4 is 5.69 Å². The van der Waals surface area contributed by atoms with E-state index in [9.17, 15) is 9.59 Å². The molecule has 1 heterocycles. The van der Waals surface area contributed by atoms with Crippen LogP contribution in [0.25, 0.3) is 0 Å². The quantitative estimate of drug-likeness (QED) is 0.735. The standard InChI is InChI=1S/C9H15N3O3/c1-6(2)15-5-12-8(13)7(10)4-11(3)9(12)14/h4,6H,5,10H2,1-3H3. The van der Waals surface area contributed by atoms with Gasteiger partial charge in [0.1, 0.15) is 12.4 Å². The Bertz CT molecular complexity index is 424. The van der Waals surface area contributed by atoms with Gasteiger partial charge in [0, 0.05) is 13.2 Å². The molecule has 0 radical (unpaired) electrons. The zero-order valence-corrected chi connectivity index (χ0v) is 9.06. The third-order valence-corrected chi connectivity index (χ3v) is 1.89. The highest BCUT2D eigenvalue weighted by Gasteiger charge is 2.07. The maximum absolute atomic E-state index is 11.5. The maximum atomic E-state index is 11.5. The van der Waals surface area contributed by atoms with Gasteiger partial charge >= 0.3 is 5.69 Å². The average molecular weight is 213 g/mol. The molecule has 1 aromatic heterocycles. The lowest BCUT2D eigenvalue weighted by molar-refractivity contribution is 0.0239. The fourth-order valence-corrected chi connectivity index (χ4v) is 1.09. The predicted molar refractivity (Wildman–Crippen MR) is 56.6 cm³/mol. The van der Waals surface area contributed by atoms with Crippen LogP contribution in [0.2, 0.25) is 0 Å². The largest absolute Gasteiger partial charge is 0.393 e. The van der Waals surface area contributed by atoms with E-state index in [4.69, 9.17) is 10.5 Å². The van der Waals surface area contributed by atoms with E-state index in [1.165, 1.54) is 17.8 Å². The number of anilines is 1. The lowest BCUT2D eigenvalue weighted by atomic mass is 10.5. The molecule has 2 N–H and O–H groups in total. The summed E-state index contributed by atoms with van der Waals surface area (Å²) in [4.78, 5) is 23.0. The second kappa shape index (κ2) is 4.31. The number of aryl methyl sites for hydroxylation is 1. The third kappa shape index (κ3) is 2.47. The number of nitrogens with zero attached hydrogens (tertiary/aromatic N) is 2. The Balaban J connectivity index is 3.16. The van der Waals surface area contributed by atoms with Crippen LogP contribution in [0.3, 0.4) is 0 Å². The smallest absolute Gasteiger partial charge is 0.332 e. The van der Waals surface area contributed by atoms with E-state index in [2.05, 4.69) is 0 Å². The van der Waals surface area contributed by atoms with Crippen LogP contribution in [0.5, 0.6) is 0 Å². The summed E-state index contributed by atoms with van der Waals surface area (Å²) < 4.78 is 7.41. The first-order valence-electron chi connectivity index (χ1n) is 4.61. The van der Waals surface area contributed by atoms with Gasteiger partial charge in [0.15, 0.2) is 0 Å². The Labute approximate surface area is 86.9 Å². The fourth-order valence-electron chi connectivity index (χ4n) is 1.09. The van der Waals surface area contributed by atoms with Crippen molar-refractivity contribution < 1.29 is 4.74 Å². The van der Waals surface area contributed by atoms with Gasteiger partial charge in [-0.3, -0.25) is 4.79 Å². The van der Waals surface area contributed by atoms with Crippen molar-refractivity contribution in [2.75, 3.05) is 5.73 Å². The average Bonchev–Trinajstić information content (AvgIpc) is 2.14. The molecule has 0 aliphatic heterocycles. The molecule has 0 saturated heterocycles. The minimum absolute atomic E-state index is 0.0319. The summed E-state index contributed by atoms with van der Waals surface area (Å²) in [6.07, 6.45) is 1.25. The zero-order chi connectivity index (χ0) is 11.6. The SMILES string of the molecule is CC(C)OCn1c(=O)c(N)cn(C)c1=O. The summed E-state index contributed by atoms with van der Waals surface area (Å²) in [5.74, 6) is 0. The second-order valence-electron chi connectivity index (χ2n) is 3.56. The molecule has 0 atom stereocenters. The van der Waals surface area contributed by atoms with Crippen LogP contribution in [0.15, 0.2) is 15.8 Å². The highest BCUT2D eigenvalue weighted by molar-refractivity contribution is 5.30. The first kappa shape index (κ1) is 11.5. The third-order valence-electron chi connectivity index (χ3n) is 1.89. The van der Waals surface area contributed by atoms with Gasteiger partial charge in [-0.2, -0.15) is 0 Å². The van der Waals surface area contributed by atoms with Crippen molar-refractivity contribution in [3.63, 3.8) is 0 Å². The van der Waals surface area contributed by atoms with Crippen LogP contribution >= 0.6 is 0 Å². The highest BCUT2D eigenvalue weighted by atomic mass is 16.5. The van der Waals surface area contributed by atoms with Gasteiger partial charge in [-0.1, -0.05) is 0 Å². The van der Waals surface area contributed by atoms with Gasteiger partial charge in [-0.15, -0.1) is 0 Å². The summed E-state index contributed by atoms with van der Waals surface area (Å²) in [5, 5.41) is 0. The molecule has 0 saturated carbocycles. The molecule has 6 heteroatoms. The van der Waals surface area contributed by atoms with E-state index >= 15 is 0 Å². The molecule has 84 valence electrons. The summed E-state index contributed by atoms with van der Waals surface area (Å²) in [6.45, 7) is 3.57.